The van der Waals surface area contributed by atoms with Gasteiger partial charge in [-0.2, -0.15) is 0 Å². The summed E-state index contributed by atoms with van der Waals surface area (Å²) in [6.07, 6.45) is 17.3. The van der Waals surface area contributed by atoms with Crippen LogP contribution in [0.3, 0.4) is 0 Å². The molecule has 728 valence electrons. The highest BCUT2D eigenvalue weighted by molar-refractivity contribution is 7.89. The van der Waals surface area contributed by atoms with Crippen molar-refractivity contribution in [2.45, 2.75) is 335 Å². The number of carbonyl (C=O) groups excluding carboxylic acids is 4. The van der Waals surface area contributed by atoms with Crippen LogP contribution < -0.4 is 30.7 Å². The van der Waals surface area contributed by atoms with Gasteiger partial charge in [0.1, 0.15) is 0 Å². The fourth-order valence-corrected chi connectivity index (χ4v) is 20.7. The predicted octanol–water partition coefficient (Wildman–Crippen LogP) is 24.0. The molecule has 0 bridgehead atoms. The molecule has 0 radical (unpaired) electrons. The number of alkyl halides is 8. The third-order valence-corrected chi connectivity index (χ3v) is 27.7. The van der Waals surface area contributed by atoms with Crippen molar-refractivity contribution >= 4 is 66.4 Å². The Hall–Kier alpha value is -8.94. The van der Waals surface area contributed by atoms with Crippen LogP contribution in [0.15, 0.2) is 121 Å². The summed E-state index contributed by atoms with van der Waals surface area (Å²) < 4.78 is 171. The number of amides is 4. The molecule has 0 saturated heterocycles. The number of nitrogens with zero attached hydrogens (tertiary/aromatic N) is 6. The highest BCUT2D eigenvalue weighted by Gasteiger charge is 2.39. The van der Waals surface area contributed by atoms with E-state index >= 15 is 0 Å². The minimum Gasteiger partial charge on any atom is -0.345 e. The Morgan fingerprint density at radius 2 is 0.485 bits per heavy atom. The number of hydrogen-bond donors (Lipinski definition) is 6. The highest BCUT2D eigenvalue weighted by atomic mass is 32.2. The largest absolute Gasteiger partial charge is 0.345 e. The lowest BCUT2D eigenvalue weighted by Crippen LogP contribution is -2.37. The molecule has 30 heteroatoms. The van der Waals surface area contributed by atoms with E-state index in [1.165, 1.54) is 73.2 Å². The van der Waals surface area contributed by atoms with E-state index in [0.29, 0.717) is 69.2 Å². The number of aromatic nitrogens is 4. The van der Waals surface area contributed by atoms with E-state index in [1.54, 1.807) is 36.4 Å². The summed E-state index contributed by atoms with van der Waals surface area (Å²) in [6.45, 7) is 36.7. The van der Waals surface area contributed by atoms with Crippen molar-refractivity contribution in [2.75, 3.05) is 62.0 Å². The lowest BCUT2D eigenvalue weighted by atomic mass is 9.87. The van der Waals surface area contributed by atoms with Gasteiger partial charge in [0, 0.05) is 188 Å². The summed E-state index contributed by atoms with van der Waals surface area (Å²) in [4.78, 5) is 57.4. The van der Waals surface area contributed by atoms with Crippen molar-refractivity contribution < 1.29 is 71.1 Å². The zero-order valence-electron chi connectivity index (χ0n) is 82.3. The molecule has 4 aromatic heterocycles. The fraction of sp³-hybridized carbons (Fsp3) is 0.569. The Bertz CT molecular complexity index is 5250. The Morgan fingerprint density at radius 1 is 0.303 bits per heavy atom. The Kier molecular flexibility index (Phi) is 33.7. The normalized spacial score (nSPS) is 19.8. The number of sulfonamides is 2. The molecule has 4 saturated carbocycles. The number of halogens is 8. The molecule has 0 aliphatic heterocycles. The smallest absolute Gasteiger partial charge is 0.270 e. The highest BCUT2D eigenvalue weighted by Crippen LogP contribution is 2.45. The molecule has 4 aromatic carbocycles. The van der Waals surface area contributed by atoms with E-state index in [2.05, 4.69) is 170 Å². The van der Waals surface area contributed by atoms with E-state index < -0.39 is 43.7 Å². The van der Waals surface area contributed by atoms with Gasteiger partial charge in [0.05, 0.1) is 34.8 Å². The van der Waals surface area contributed by atoms with E-state index in [4.69, 9.17) is 0 Å². The number of anilines is 4. The van der Waals surface area contributed by atoms with Gasteiger partial charge >= 0.3 is 0 Å². The number of nitrogens with one attached hydrogen (secondary N) is 6. The van der Waals surface area contributed by atoms with E-state index in [-0.39, 0.29) is 91.7 Å². The molecule has 20 nitrogen and oxygen atoms in total. The van der Waals surface area contributed by atoms with Gasteiger partial charge in [-0.1, -0.05) is 132 Å². The first-order valence-electron chi connectivity index (χ1n) is 46.1. The molecule has 4 fully saturated rings. The molecule has 0 spiro atoms. The summed E-state index contributed by atoms with van der Waals surface area (Å²) in [6, 6.07) is 33.1. The molecule has 4 aliphatic carbocycles. The summed E-state index contributed by atoms with van der Waals surface area (Å²) in [5, 5.41) is 11.2. The third kappa shape index (κ3) is 28.1. The quantitative estimate of drug-likeness (QED) is 0.0351. The zero-order valence-corrected chi connectivity index (χ0v) is 83.9. The van der Waals surface area contributed by atoms with Gasteiger partial charge in [0.15, 0.2) is 0 Å². The standard InChI is InChI=1S/2C26H37F2N3O.2C25H35F2N3O3S/c2*1-17-22(24(32)29-19-10-8-9-18(15-19)26(5,27)28)16-23(25(2,3)4)31(17)21-13-11-20(12-14-21)30(6)7;2*1-16-21(23(31)28-19-9-7-8-17(14-19)25(5,26)27)15-22(24(2,3)4)30(16)20-12-10-18(11-13-20)29-34(6,32)33/h2*8-10,15-16,20-21H,11-14H2,1-7H3,(H,29,32);2*7-9,14-15,18,20,29H,10-13H2,1-6H3,(H,28,31). The number of benzene rings is 4. The minimum atomic E-state index is -3.25. The average molecular weight is 1880 g/mol. The first kappa shape index (κ1) is 107. The van der Waals surface area contributed by atoms with Gasteiger partial charge in [0.25, 0.3) is 47.3 Å². The molecule has 4 amide bonds. The lowest BCUT2D eigenvalue weighted by Gasteiger charge is -2.36. The molecule has 4 aliphatic rings. The van der Waals surface area contributed by atoms with Crippen LogP contribution in [0.1, 0.15) is 347 Å². The van der Waals surface area contributed by atoms with Crippen LogP contribution in [0.25, 0.3) is 0 Å². The SMILES string of the molecule is Cc1c(C(=O)Nc2cccc(C(C)(F)F)c2)cc(C(C)(C)C)n1C1CCC(N(C)C)CC1.Cc1c(C(=O)Nc2cccc(C(C)(F)F)c2)cc(C(C)(C)C)n1C1CCC(N(C)C)CC1.Cc1c(C(=O)Nc2cccc(C(C)(F)F)c2)cc(C(C)(C)C)n1C1CCC(NS(C)(=O)=O)CC1.Cc1c(C(=O)Nc2cccc(C(C)(F)F)c2)cc(C(C)(C)C)n1C1CCC(NS(C)(=O)=O)CC1. The van der Waals surface area contributed by atoms with Crippen LogP contribution in [-0.4, -0.2) is 133 Å². The van der Waals surface area contributed by atoms with Crippen LogP contribution in [0.5, 0.6) is 0 Å². The van der Waals surface area contributed by atoms with Crippen molar-refractivity contribution in [1.29, 1.82) is 0 Å². The average Bonchev–Trinajstić information content (AvgIpc) is 1.63. The van der Waals surface area contributed by atoms with E-state index in [9.17, 15) is 71.1 Å². The number of carbonyl (C=O) groups is 4. The first-order valence-corrected chi connectivity index (χ1v) is 49.8. The monoisotopic (exact) mass is 1880 g/mol. The summed E-state index contributed by atoms with van der Waals surface area (Å²) in [5.74, 6) is -13.1. The second-order valence-electron chi connectivity index (χ2n) is 41.9. The van der Waals surface area contributed by atoms with Crippen molar-refractivity contribution in [1.82, 2.24) is 37.5 Å². The van der Waals surface area contributed by atoms with E-state index in [1.807, 2.05) is 52.0 Å². The van der Waals surface area contributed by atoms with Crippen LogP contribution >= 0.6 is 0 Å². The van der Waals surface area contributed by atoms with Crippen molar-refractivity contribution in [3.63, 3.8) is 0 Å². The Labute approximate surface area is 778 Å². The molecule has 132 heavy (non-hydrogen) atoms. The molecular weight excluding hydrogens is 1740 g/mol. The maximum absolute atomic E-state index is 13.7. The Balaban J connectivity index is 0.000000198. The second-order valence-corrected chi connectivity index (χ2v) is 45.5. The molecule has 6 N–H and O–H groups in total. The van der Waals surface area contributed by atoms with Gasteiger partial charge in [-0.05, 0) is 231 Å². The summed E-state index contributed by atoms with van der Waals surface area (Å²) >= 11 is 0. The number of rotatable bonds is 22. The topological polar surface area (TPSA) is 235 Å². The van der Waals surface area contributed by atoms with Crippen LogP contribution in [0, 0.1) is 27.7 Å². The summed E-state index contributed by atoms with van der Waals surface area (Å²) in [7, 11) is 2.05. The molecular formula is C102H144F8N12O8S2. The molecule has 8 aromatic rings. The van der Waals surface area contributed by atoms with Gasteiger partial charge < -0.3 is 49.3 Å². The molecule has 4 heterocycles. The van der Waals surface area contributed by atoms with Crippen molar-refractivity contribution in [3.8, 4) is 0 Å². The lowest BCUT2D eigenvalue weighted by molar-refractivity contribution is 0.0168. The zero-order chi connectivity index (χ0) is 98.6. The van der Waals surface area contributed by atoms with Crippen molar-refractivity contribution in [2.24, 2.45) is 0 Å². The van der Waals surface area contributed by atoms with Crippen LogP contribution in [-0.2, 0) is 65.4 Å². The second kappa shape index (κ2) is 41.7. The van der Waals surface area contributed by atoms with Gasteiger partial charge in [-0.25, -0.2) is 61.4 Å². The first-order chi connectivity index (χ1) is 60.7. The maximum atomic E-state index is 13.7. The Morgan fingerprint density at radius 3 is 0.644 bits per heavy atom. The maximum Gasteiger partial charge on any atom is 0.270 e. The number of hydrogen-bond acceptors (Lipinski definition) is 10. The predicted molar refractivity (Wildman–Crippen MR) is 516 cm³/mol. The van der Waals surface area contributed by atoms with Crippen LogP contribution in [0.4, 0.5) is 57.9 Å². The van der Waals surface area contributed by atoms with Crippen molar-refractivity contribution in [3.05, 3.63) is 211 Å². The minimum absolute atomic E-state index is 0.0769. The molecule has 0 unspecified atom stereocenters. The summed E-state index contributed by atoms with van der Waals surface area (Å²) in [5.41, 5.74) is 10.2. The van der Waals surface area contributed by atoms with Gasteiger partial charge in [-0.3, -0.25) is 19.2 Å². The van der Waals surface area contributed by atoms with E-state index in [0.717, 1.165) is 176 Å². The molecule has 12 rings (SSSR count). The third-order valence-electron chi connectivity index (χ3n) is 26.1. The van der Waals surface area contributed by atoms with Gasteiger partial charge in [0.2, 0.25) is 20.0 Å². The fourth-order valence-electron chi connectivity index (χ4n) is 19.0. The van der Waals surface area contributed by atoms with Gasteiger partial charge in [-0.15, -0.1) is 0 Å². The molecule has 0 atom stereocenters. The van der Waals surface area contributed by atoms with Crippen LogP contribution in [0.2, 0.25) is 0 Å².